The number of hydrogen-bond acceptors (Lipinski definition) is 2. The van der Waals surface area contributed by atoms with Gasteiger partial charge in [0.05, 0.1) is 0 Å². The van der Waals surface area contributed by atoms with Gasteiger partial charge < -0.3 is 10.3 Å². The summed E-state index contributed by atoms with van der Waals surface area (Å²) >= 11 is 0. The van der Waals surface area contributed by atoms with E-state index in [9.17, 15) is 17.7 Å². The van der Waals surface area contributed by atoms with Crippen LogP contribution in [0.4, 0.5) is 13.2 Å². The fourth-order valence-electron chi connectivity index (χ4n) is 2.22. The lowest BCUT2D eigenvalue weighted by atomic mass is 10.1. The molecule has 2 N–H and O–H groups in total. The quantitative estimate of drug-likeness (QED) is 0.876. The molecule has 0 fully saturated rings. The molecule has 2 nitrogen and oxygen atoms in total. The maximum Gasteiger partial charge on any atom is 0.406 e. The van der Waals surface area contributed by atoms with Crippen molar-refractivity contribution in [2.45, 2.75) is 18.6 Å². The Morgan fingerprint density at radius 3 is 1.59 bits per heavy atom. The maximum absolute atomic E-state index is 13.5. The normalized spacial score (nSPS) is 15.3. The van der Waals surface area contributed by atoms with Crippen LogP contribution in [0, 0.1) is 0 Å². The van der Waals surface area contributed by atoms with E-state index in [1.165, 1.54) is 0 Å². The second-order valence-electron chi connectivity index (χ2n) is 5.48. The van der Waals surface area contributed by atoms with Gasteiger partial charge in [0.1, 0.15) is 12.7 Å². The molecule has 0 heterocycles. The second-order valence-corrected chi connectivity index (χ2v) is 8.31. The summed E-state index contributed by atoms with van der Waals surface area (Å²) in [5, 5.41) is 0.754. The van der Waals surface area contributed by atoms with Gasteiger partial charge in [-0.05, 0) is 6.92 Å². The molecule has 0 aliphatic carbocycles. The second kappa shape index (κ2) is 5.90. The Hall–Kier alpha value is -1.58. The molecular weight excluding hydrogens is 310 g/mol. The Balaban J connectivity index is 2.56. The van der Waals surface area contributed by atoms with Gasteiger partial charge in [-0.1, -0.05) is 60.7 Å². The molecule has 0 saturated heterocycles. The Kier molecular flexibility index (Phi) is 4.50. The minimum Gasteiger partial charge on any atom is -0.317 e. The number of halogens is 3. The van der Waals surface area contributed by atoms with Crippen LogP contribution in [0.2, 0.25) is 0 Å². The molecule has 1 unspecified atom stereocenters. The molecule has 22 heavy (non-hydrogen) atoms. The Bertz CT molecular complexity index is 625. The van der Waals surface area contributed by atoms with Crippen LogP contribution >= 0.6 is 7.14 Å². The molecule has 2 aromatic carbocycles. The minimum absolute atomic E-state index is 0.377. The molecule has 0 radical (unpaired) electrons. The molecule has 1 atom stereocenters. The molecule has 6 heteroatoms. The van der Waals surface area contributed by atoms with E-state index < -0.39 is 25.0 Å². The van der Waals surface area contributed by atoms with Gasteiger partial charge in [0.15, 0.2) is 0 Å². The third-order valence-corrected chi connectivity index (χ3v) is 6.91. The molecule has 0 spiro atoms. The van der Waals surface area contributed by atoms with Gasteiger partial charge in [-0.2, -0.15) is 13.2 Å². The van der Waals surface area contributed by atoms with Crippen molar-refractivity contribution in [3.63, 3.8) is 0 Å². The van der Waals surface area contributed by atoms with Crippen molar-refractivity contribution in [2.24, 2.45) is 5.73 Å². The molecule has 0 bridgehead atoms. The highest BCUT2D eigenvalue weighted by Crippen LogP contribution is 2.48. The van der Waals surface area contributed by atoms with Gasteiger partial charge >= 0.3 is 6.18 Å². The largest absolute Gasteiger partial charge is 0.406 e. The predicted octanol–water partition coefficient (Wildman–Crippen LogP) is 3.28. The molecule has 0 saturated carbocycles. The summed E-state index contributed by atoms with van der Waals surface area (Å²) in [5.41, 5.74) is 2.92. The fraction of sp³-hybridized carbons (Fsp3) is 0.250. The monoisotopic (exact) mass is 327 g/mol. The van der Waals surface area contributed by atoms with Crippen LogP contribution < -0.4 is 16.3 Å². The summed E-state index contributed by atoms with van der Waals surface area (Å²) in [6.45, 7) is 0.880. The molecule has 2 aromatic rings. The van der Waals surface area contributed by atoms with Gasteiger partial charge in [-0.15, -0.1) is 0 Å². The highest BCUT2D eigenvalue weighted by molar-refractivity contribution is 7.78. The number of alkyl halides is 3. The van der Waals surface area contributed by atoms with E-state index in [1.807, 2.05) is 0 Å². The Morgan fingerprint density at radius 2 is 1.27 bits per heavy atom. The van der Waals surface area contributed by atoms with Crippen LogP contribution in [0.1, 0.15) is 6.92 Å². The van der Waals surface area contributed by atoms with Crippen molar-refractivity contribution in [3.8, 4) is 0 Å². The van der Waals surface area contributed by atoms with Crippen molar-refractivity contribution < 1.29 is 17.7 Å². The summed E-state index contributed by atoms with van der Waals surface area (Å²) in [6, 6.07) is 16.4. The zero-order valence-electron chi connectivity index (χ0n) is 12.0. The molecular formula is C16H17F3NOP. The summed E-state index contributed by atoms with van der Waals surface area (Å²) in [4.78, 5) is 0. The molecule has 0 aliphatic heterocycles. The highest BCUT2D eigenvalue weighted by atomic mass is 31.2. The number of rotatable bonds is 4. The van der Waals surface area contributed by atoms with Crippen molar-refractivity contribution in [2.75, 3.05) is 6.16 Å². The van der Waals surface area contributed by atoms with Crippen LogP contribution in [-0.2, 0) is 4.57 Å². The lowest BCUT2D eigenvalue weighted by Crippen LogP contribution is -2.54. The Morgan fingerprint density at radius 1 is 0.909 bits per heavy atom. The van der Waals surface area contributed by atoms with Crippen LogP contribution in [0.3, 0.4) is 0 Å². The maximum atomic E-state index is 13.5. The van der Waals surface area contributed by atoms with Crippen molar-refractivity contribution in [1.82, 2.24) is 0 Å². The number of nitrogens with two attached hydrogens (primary N) is 1. The summed E-state index contributed by atoms with van der Waals surface area (Å²) < 4.78 is 52.9. The SMILES string of the molecule is CC(N)(CP(=O)(c1ccccc1)c1ccccc1)C(F)(F)F. The van der Waals surface area contributed by atoms with E-state index in [2.05, 4.69) is 0 Å². The van der Waals surface area contributed by atoms with Gasteiger partial charge in [-0.25, -0.2) is 0 Å². The number of benzene rings is 2. The van der Waals surface area contributed by atoms with Gasteiger partial charge in [0.25, 0.3) is 0 Å². The summed E-state index contributed by atoms with van der Waals surface area (Å²) in [7, 11) is -3.49. The molecule has 0 aromatic heterocycles. The third-order valence-electron chi connectivity index (χ3n) is 3.55. The standard InChI is InChI=1S/C16H17F3NOP/c1-15(20,16(17,18)19)12-22(21,13-8-4-2-5-9-13)14-10-6-3-7-11-14/h2-11H,12,20H2,1H3. The van der Waals surface area contributed by atoms with Crippen LogP contribution in [0.5, 0.6) is 0 Å². The van der Waals surface area contributed by atoms with E-state index in [-0.39, 0.29) is 0 Å². The average Bonchev–Trinajstić information content (AvgIpc) is 2.47. The van der Waals surface area contributed by atoms with Crippen molar-refractivity contribution in [3.05, 3.63) is 60.7 Å². The summed E-state index contributed by atoms with van der Waals surface area (Å²) in [5.74, 6) is 0. The Labute approximate surface area is 127 Å². The van der Waals surface area contributed by atoms with E-state index in [1.54, 1.807) is 60.7 Å². The highest BCUT2D eigenvalue weighted by Gasteiger charge is 2.52. The average molecular weight is 327 g/mol. The first-order valence-corrected chi connectivity index (χ1v) is 8.62. The molecule has 118 valence electrons. The van der Waals surface area contributed by atoms with E-state index in [0.717, 1.165) is 6.92 Å². The topological polar surface area (TPSA) is 43.1 Å². The van der Waals surface area contributed by atoms with Crippen molar-refractivity contribution >= 4 is 17.8 Å². The lowest BCUT2D eigenvalue weighted by molar-refractivity contribution is -0.174. The minimum atomic E-state index is -4.63. The smallest absolute Gasteiger partial charge is 0.317 e. The van der Waals surface area contributed by atoms with Gasteiger partial charge in [0, 0.05) is 16.8 Å². The molecule has 0 aliphatic rings. The van der Waals surface area contributed by atoms with Gasteiger partial charge in [-0.3, -0.25) is 0 Å². The van der Waals surface area contributed by atoms with Crippen LogP contribution in [0.15, 0.2) is 60.7 Å². The van der Waals surface area contributed by atoms with Gasteiger partial charge in [0.2, 0.25) is 0 Å². The van der Waals surface area contributed by atoms with Crippen LogP contribution in [0.25, 0.3) is 0 Å². The first kappa shape index (κ1) is 16.8. The third kappa shape index (κ3) is 3.26. The fourth-order valence-corrected chi connectivity index (χ4v) is 5.30. The number of hydrogen-bond donors (Lipinski definition) is 1. The zero-order chi connectivity index (χ0) is 16.4. The van der Waals surface area contributed by atoms with E-state index in [0.29, 0.717) is 10.6 Å². The van der Waals surface area contributed by atoms with Crippen LogP contribution in [-0.4, -0.2) is 17.9 Å². The first-order chi connectivity index (χ1) is 10.2. The first-order valence-electron chi connectivity index (χ1n) is 6.73. The summed E-state index contributed by atoms with van der Waals surface area (Å²) in [6.07, 6.45) is -5.30. The van der Waals surface area contributed by atoms with E-state index in [4.69, 9.17) is 5.73 Å². The molecule has 2 rings (SSSR count). The van der Waals surface area contributed by atoms with Crippen molar-refractivity contribution in [1.29, 1.82) is 0 Å². The van der Waals surface area contributed by atoms with E-state index >= 15 is 0 Å². The predicted molar refractivity (Wildman–Crippen MR) is 83.3 cm³/mol. The zero-order valence-corrected chi connectivity index (χ0v) is 12.9. The molecule has 0 amide bonds. The lowest BCUT2D eigenvalue weighted by Gasteiger charge is -2.32.